The molecule has 4 heteroatoms. The van der Waals surface area contributed by atoms with Crippen LogP contribution in [0, 0.1) is 0 Å². The van der Waals surface area contributed by atoms with Gasteiger partial charge in [-0.15, -0.1) is 0 Å². The number of benzene rings is 1. The van der Waals surface area contributed by atoms with Gasteiger partial charge < -0.3 is 14.8 Å². The summed E-state index contributed by atoms with van der Waals surface area (Å²) in [7, 11) is 0. The molecule has 1 aromatic heterocycles. The van der Waals surface area contributed by atoms with Crippen LogP contribution in [0.2, 0.25) is 0 Å². The summed E-state index contributed by atoms with van der Waals surface area (Å²) in [6, 6.07) is 11.4. The Balaban J connectivity index is 1.65. The first-order valence-electron chi connectivity index (χ1n) is 6.77. The number of hydrogen-bond donors (Lipinski definition) is 2. The molecule has 0 aliphatic heterocycles. The lowest BCUT2D eigenvalue weighted by atomic mass is 9.80. The third-order valence-corrected chi connectivity index (χ3v) is 3.82. The summed E-state index contributed by atoms with van der Waals surface area (Å²) in [6.45, 7) is 0.237. The Morgan fingerprint density at radius 1 is 1.25 bits per heavy atom. The summed E-state index contributed by atoms with van der Waals surface area (Å²) < 4.78 is 5.03. The fourth-order valence-corrected chi connectivity index (χ4v) is 2.67. The lowest BCUT2D eigenvalue weighted by Gasteiger charge is -2.33. The standard InChI is InChI=1S/C16H17NO3/c18-15(14-6-3-9-20-14)17-11-16(19)8-7-12-4-1-2-5-13(12)10-16/h1-6,9,19H,7-8,10-11H2,(H,17,18)/t16-/m1/s1. The van der Waals surface area contributed by atoms with E-state index >= 15 is 0 Å². The summed E-state index contributed by atoms with van der Waals surface area (Å²) in [6.07, 6.45) is 3.52. The van der Waals surface area contributed by atoms with Crippen molar-refractivity contribution in [1.82, 2.24) is 5.32 Å². The Morgan fingerprint density at radius 3 is 2.80 bits per heavy atom. The van der Waals surface area contributed by atoms with Crippen molar-refractivity contribution in [1.29, 1.82) is 0 Å². The Morgan fingerprint density at radius 2 is 2.05 bits per heavy atom. The predicted octanol–water partition coefficient (Wildman–Crippen LogP) is 1.93. The van der Waals surface area contributed by atoms with Crippen LogP contribution in [0.5, 0.6) is 0 Å². The maximum Gasteiger partial charge on any atom is 0.287 e. The number of carbonyl (C=O) groups is 1. The monoisotopic (exact) mass is 271 g/mol. The number of rotatable bonds is 3. The highest BCUT2D eigenvalue weighted by atomic mass is 16.3. The fourth-order valence-electron chi connectivity index (χ4n) is 2.67. The molecular formula is C16H17NO3. The molecule has 1 aromatic carbocycles. The fraction of sp³-hybridized carbons (Fsp3) is 0.312. The van der Waals surface area contributed by atoms with Crippen LogP contribution in [0.1, 0.15) is 28.1 Å². The highest BCUT2D eigenvalue weighted by Crippen LogP contribution is 2.28. The van der Waals surface area contributed by atoms with E-state index in [9.17, 15) is 9.90 Å². The van der Waals surface area contributed by atoms with Crippen LogP contribution in [-0.4, -0.2) is 23.2 Å². The smallest absolute Gasteiger partial charge is 0.287 e. The lowest BCUT2D eigenvalue weighted by Crippen LogP contribution is -2.46. The molecule has 4 nitrogen and oxygen atoms in total. The van der Waals surface area contributed by atoms with E-state index in [1.807, 2.05) is 18.2 Å². The molecule has 0 fully saturated rings. The van der Waals surface area contributed by atoms with Crippen LogP contribution in [0.25, 0.3) is 0 Å². The van der Waals surface area contributed by atoms with Gasteiger partial charge in [0.25, 0.3) is 5.91 Å². The lowest BCUT2D eigenvalue weighted by molar-refractivity contribution is 0.0256. The van der Waals surface area contributed by atoms with Gasteiger partial charge in [-0.25, -0.2) is 0 Å². The molecule has 0 radical (unpaired) electrons. The number of aliphatic hydroxyl groups is 1. The summed E-state index contributed by atoms with van der Waals surface area (Å²) in [4.78, 5) is 11.8. The molecule has 3 rings (SSSR count). The normalized spacial score (nSPS) is 21.2. The van der Waals surface area contributed by atoms with E-state index in [0.29, 0.717) is 12.8 Å². The highest BCUT2D eigenvalue weighted by molar-refractivity contribution is 5.91. The Kier molecular flexibility index (Phi) is 3.32. The second kappa shape index (κ2) is 5.13. The van der Waals surface area contributed by atoms with Crippen LogP contribution >= 0.6 is 0 Å². The minimum absolute atomic E-state index is 0.237. The second-order valence-electron chi connectivity index (χ2n) is 5.33. The van der Waals surface area contributed by atoms with Crippen LogP contribution in [0.3, 0.4) is 0 Å². The van der Waals surface area contributed by atoms with Crippen LogP contribution in [-0.2, 0) is 12.8 Å². The molecule has 0 saturated heterocycles. The minimum atomic E-state index is -0.878. The van der Waals surface area contributed by atoms with Gasteiger partial charge >= 0.3 is 0 Å². The largest absolute Gasteiger partial charge is 0.459 e. The zero-order valence-corrected chi connectivity index (χ0v) is 11.1. The number of carbonyl (C=O) groups excluding carboxylic acids is 1. The number of furan rings is 1. The number of nitrogens with one attached hydrogen (secondary N) is 1. The second-order valence-corrected chi connectivity index (χ2v) is 5.33. The number of amides is 1. The van der Waals surface area contributed by atoms with Crippen molar-refractivity contribution in [3.05, 3.63) is 59.5 Å². The van der Waals surface area contributed by atoms with Gasteiger partial charge in [-0.3, -0.25) is 4.79 Å². The Hall–Kier alpha value is -2.07. The number of aryl methyl sites for hydroxylation is 1. The molecule has 2 N–H and O–H groups in total. The molecule has 1 aliphatic rings. The SMILES string of the molecule is O=C(NC[C@@]1(O)CCc2ccccc2C1)c1ccco1. The first-order chi connectivity index (χ1) is 9.66. The third kappa shape index (κ3) is 2.60. The van der Waals surface area contributed by atoms with Crippen molar-refractivity contribution >= 4 is 5.91 Å². The molecule has 2 aromatic rings. The van der Waals surface area contributed by atoms with Gasteiger partial charge in [-0.2, -0.15) is 0 Å². The van der Waals surface area contributed by atoms with Crippen molar-refractivity contribution in [2.24, 2.45) is 0 Å². The number of fused-ring (bicyclic) bond motifs is 1. The van der Waals surface area contributed by atoms with Crippen molar-refractivity contribution in [3.63, 3.8) is 0 Å². The Labute approximate surface area is 117 Å². The van der Waals surface area contributed by atoms with Gasteiger partial charge in [0.2, 0.25) is 0 Å². The van der Waals surface area contributed by atoms with Crippen LogP contribution in [0.15, 0.2) is 47.1 Å². The molecule has 0 unspecified atom stereocenters. The van der Waals surface area contributed by atoms with E-state index in [2.05, 4.69) is 11.4 Å². The molecule has 1 aliphatic carbocycles. The number of hydrogen-bond acceptors (Lipinski definition) is 3. The van der Waals surface area contributed by atoms with Gasteiger partial charge in [0.15, 0.2) is 5.76 Å². The van der Waals surface area contributed by atoms with Crippen molar-refractivity contribution in [2.75, 3.05) is 6.54 Å². The van der Waals surface area contributed by atoms with Gasteiger partial charge in [-0.05, 0) is 36.1 Å². The zero-order valence-electron chi connectivity index (χ0n) is 11.1. The predicted molar refractivity (Wildman–Crippen MR) is 74.5 cm³/mol. The summed E-state index contributed by atoms with van der Waals surface area (Å²) in [5.41, 5.74) is 1.57. The van der Waals surface area contributed by atoms with Gasteiger partial charge in [-0.1, -0.05) is 24.3 Å². The van der Waals surface area contributed by atoms with E-state index in [0.717, 1.165) is 12.0 Å². The molecule has 1 amide bonds. The maximum absolute atomic E-state index is 11.8. The van der Waals surface area contributed by atoms with Gasteiger partial charge in [0.05, 0.1) is 11.9 Å². The van der Waals surface area contributed by atoms with Gasteiger partial charge in [0.1, 0.15) is 0 Å². The average Bonchev–Trinajstić information content (AvgIpc) is 2.99. The summed E-state index contributed by atoms with van der Waals surface area (Å²) in [5.74, 6) is -0.0212. The molecule has 104 valence electrons. The van der Waals surface area contributed by atoms with E-state index in [-0.39, 0.29) is 18.2 Å². The molecule has 1 heterocycles. The van der Waals surface area contributed by atoms with E-state index in [1.54, 1.807) is 12.1 Å². The van der Waals surface area contributed by atoms with E-state index in [1.165, 1.54) is 11.8 Å². The highest BCUT2D eigenvalue weighted by Gasteiger charge is 2.32. The molecule has 0 spiro atoms. The van der Waals surface area contributed by atoms with Crippen molar-refractivity contribution in [3.8, 4) is 0 Å². The molecular weight excluding hydrogens is 254 g/mol. The maximum atomic E-state index is 11.8. The summed E-state index contributed by atoms with van der Waals surface area (Å²) in [5, 5.41) is 13.4. The van der Waals surface area contributed by atoms with Crippen molar-refractivity contribution in [2.45, 2.75) is 24.9 Å². The van der Waals surface area contributed by atoms with Gasteiger partial charge in [0, 0.05) is 13.0 Å². The molecule has 0 saturated carbocycles. The summed E-state index contributed by atoms with van der Waals surface area (Å²) >= 11 is 0. The van der Waals surface area contributed by atoms with Crippen molar-refractivity contribution < 1.29 is 14.3 Å². The topological polar surface area (TPSA) is 62.5 Å². The van der Waals surface area contributed by atoms with Crippen LogP contribution < -0.4 is 5.32 Å². The zero-order chi connectivity index (χ0) is 14.0. The molecule has 1 atom stereocenters. The van der Waals surface area contributed by atoms with E-state index in [4.69, 9.17) is 4.42 Å². The minimum Gasteiger partial charge on any atom is -0.459 e. The first-order valence-corrected chi connectivity index (χ1v) is 6.77. The third-order valence-electron chi connectivity index (χ3n) is 3.82. The van der Waals surface area contributed by atoms with E-state index < -0.39 is 5.60 Å². The molecule has 20 heavy (non-hydrogen) atoms. The molecule has 0 bridgehead atoms. The Bertz CT molecular complexity index is 606. The van der Waals surface area contributed by atoms with Crippen LogP contribution in [0.4, 0.5) is 0 Å². The average molecular weight is 271 g/mol. The quantitative estimate of drug-likeness (QED) is 0.896. The first kappa shape index (κ1) is 12.9.